The second kappa shape index (κ2) is 3.66. The van der Waals surface area contributed by atoms with Gasteiger partial charge in [-0.05, 0) is 31.9 Å². The Kier molecular flexibility index (Phi) is 3.00. The van der Waals surface area contributed by atoms with Crippen LogP contribution in [0.3, 0.4) is 0 Å². The summed E-state index contributed by atoms with van der Waals surface area (Å²) in [6, 6.07) is 0. The van der Waals surface area contributed by atoms with E-state index in [0.717, 1.165) is 6.20 Å². The Morgan fingerprint density at radius 3 is 2.42 bits per heavy atom. The van der Waals surface area contributed by atoms with Gasteiger partial charge in [0.25, 0.3) is 6.43 Å². The third-order valence-electron chi connectivity index (χ3n) is 1.21. The molecule has 1 aromatic rings. The first-order valence-corrected chi connectivity index (χ1v) is 4.43. The molecule has 6 heteroatoms. The van der Waals surface area contributed by atoms with E-state index in [9.17, 15) is 8.78 Å². The SMILES string of the molecule is Oc1cnc(Br)c(Br)c1C(F)F. The van der Waals surface area contributed by atoms with Crippen LogP contribution < -0.4 is 0 Å². The minimum absolute atomic E-state index is 0.0810. The van der Waals surface area contributed by atoms with Crippen LogP contribution in [0.15, 0.2) is 15.3 Å². The fourth-order valence-electron chi connectivity index (χ4n) is 0.675. The monoisotopic (exact) mass is 301 g/mol. The van der Waals surface area contributed by atoms with Crippen molar-refractivity contribution in [2.24, 2.45) is 0 Å². The summed E-state index contributed by atoms with van der Waals surface area (Å²) in [6.07, 6.45) is -1.75. The van der Waals surface area contributed by atoms with E-state index < -0.39 is 17.7 Å². The van der Waals surface area contributed by atoms with E-state index in [2.05, 4.69) is 36.8 Å². The summed E-state index contributed by atoms with van der Waals surface area (Å²) in [5, 5.41) is 8.99. The van der Waals surface area contributed by atoms with Gasteiger partial charge in [-0.3, -0.25) is 0 Å². The molecule has 0 aromatic carbocycles. The fraction of sp³-hybridized carbons (Fsp3) is 0.167. The van der Waals surface area contributed by atoms with Crippen molar-refractivity contribution in [3.63, 3.8) is 0 Å². The Bertz CT molecular complexity index is 306. The van der Waals surface area contributed by atoms with Crippen LogP contribution >= 0.6 is 31.9 Å². The minimum atomic E-state index is -2.72. The second-order valence-corrected chi connectivity index (χ2v) is 3.51. The Labute approximate surface area is 83.9 Å². The number of alkyl halides is 2. The molecule has 0 saturated carbocycles. The lowest BCUT2D eigenvalue weighted by Gasteiger charge is -2.05. The van der Waals surface area contributed by atoms with Gasteiger partial charge in [0.05, 0.1) is 16.2 Å². The largest absolute Gasteiger partial charge is 0.506 e. The van der Waals surface area contributed by atoms with Gasteiger partial charge in [-0.2, -0.15) is 0 Å². The molecule has 0 aliphatic rings. The van der Waals surface area contributed by atoms with Gasteiger partial charge in [0.1, 0.15) is 10.4 Å². The number of hydrogen-bond donors (Lipinski definition) is 1. The van der Waals surface area contributed by atoms with E-state index in [1.165, 1.54) is 0 Å². The number of pyridine rings is 1. The first-order valence-electron chi connectivity index (χ1n) is 2.85. The van der Waals surface area contributed by atoms with Crippen molar-refractivity contribution >= 4 is 31.9 Å². The maximum absolute atomic E-state index is 12.2. The smallest absolute Gasteiger partial charge is 0.268 e. The summed E-state index contributed by atoms with van der Waals surface area (Å²) in [6.45, 7) is 0. The van der Waals surface area contributed by atoms with Crippen molar-refractivity contribution in [3.05, 3.63) is 20.8 Å². The highest BCUT2D eigenvalue weighted by atomic mass is 79.9. The molecular weight excluding hydrogens is 300 g/mol. The van der Waals surface area contributed by atoms with Crippen molar-refractivity contribution in [3.8, 4) is 5.75 Å². The molecule has 0 spiro atoms. The van der Waals surface area contributed by atoms with Crippen LogP contribution in [0.5, 0.6) is 5.75 Å². The van der Waals surface area contributed by atoms with Gasteiger partial charge in [-0.1, -0.05) is 0 Å². The molecular formula is C6H3Br2F2NO. The van der Waals surface area contributed by atoms with Gasteiger partial charge in [0.15, 0.2) is 0 Å². The molecule has 66 valence electrons. The molecule has 1 N–H and O–H groups in total. The molecule has 0 amide bonds. The molecule has 0 radical (unpaired) electrons. The number of hydrogen-bond acceptors (Lipinski definition) is 2. The van der Waals surface area contributed by atoms with Gasteiger partial charge >= 0.3 is 0 Å². The summed E-state index contributed by atoms with van der Waals surface area (Å²) in [4.78, 5) is 3.61. The number of nitrogens with zero attached hydrogens (tertiary/aromatic N) is 1. The molecule has 0 fully saturated rings. The Morgan fingerprint density at radius 1 is 1.42 bits per heavy atom. The Hall–Kier alpha value is -0.230. The van der Waals surface area contributed by atoms with Gasteiger partial charge in [-0.15, -0.1) is 0 Å². The average molecular weight is 303 g/mol. The number of rotatable bonds is 1. The van der Waals surface area contributed by atoms with Crippen LogP contribution in [-0.2, 0) is 0 Å². The van der Waals surface area contributed by atoms with Crippen LogP contribution in [0.2, 0.25) is 0 Å². The quantitative estimate of drug-likeness (QED) is 0.808. The van der Waals surface area contributed by atoms with E-state index in [-0.39, 0.29) is 9.08 Å². The topological polar surface area (TPSA) is 33.1 Å². The predicted octanol–water partition coefficient (Wildman–Crippen LogP) is 3.25. The number of aromatic hydroxyl groups is 1. The van der Waals surface area contributed by atoms with Crippen molar-refractivity contribution in [1.29, 1.82) is 0 Å². The molecule has 1 rings (SSSR count). The molecule has 2 nitrogen and oxygen atoms in total. The van der Waals surface area contributed by atoms with Crippen LogP contribution in [0.25, 0.3) is 0 Å². The van der Waals surface area contributed by atoms with Crippen LogP contribution in [0.4, 0.5) is 8.78 Å². The molecule has 0 saturated heterocycles. The van der Waals surface area contributed by atoms with Gasteiger partial charge in [0, 0.05) is 0 Å². The van der Waals surface area contributed by atoms with E-state index in [0.29, 0.717) is 0 Å². The maximum Gasteiger partial charge on any atom is 0.268 e. The highest BCUT2D eigenvalue weighted by Crippen LogP contribution is 2.37. The average Bonchev–Trinajstić information content (AvgIpc) is 1.97. The summed E-state index contributed by atoms with van der Waals surface area (Å²) in [7, 11) is 0. The molecule has 0 unspecified atom stereocenters. The van der Waals surface area contributed by atoms with Crippen molar-refractivity contribution < 1.29 is 13.9 Å². The fourth-order valence-corrected chi connectivity index (χ4v) is 1.47. The third-order valence-corrected chi connectivity index (χ3v) is 3.15. The summed E-state index contributed by atoms with van der Waals surface area (Å²) < 4.78 is 24.8. The van der Waals surface area contributed by atoms with E-state index in [1.54, 1.807) is 0 Å². The lowest BCUT2D eigenvalue weighted by Crippen LogP contribution is -1.90. The van der Waals surface area contributed by atoms with E-state index in [4.69, 9.17) is 5.11 Å². The normalized spacial score (nSPS) is 10.8. The maximum atomic E-state index is 12.2. The number of aromatic nitrogens is 1. The molecule has 1 aromatic heterocycles. The van der Waals surface area contributed by atoms with Gasteiger partial charge in [-0.25, -0.2) is 13.8 Å². The van der Waals surface area contributed by atoms with Crippen LogP contribution in [-0.4, -0.2) is 10.1 Å². The zero-order chi connectivity index (χ0) is 9.30. The lowest BCUT2D eigenvalue weighted by molar-refractivity contribution is 0.146. The standard InChI is InChI=1S/C6H3Br2F2NO/c7-4-3(6(9)10)2(12)1-11-5(4)8/h1,6,12H. The third kappa shape index (κ3) is 1.74. The molecule has 0 aliphatic heterocycles. The van der Waals surface area contributed by atoms with Gasteiger partial charge in [0.2, 0.25) is 0 Å². The summed E-state index contributed by atoms with van der Waals surface area (Å²) >= 11 is 5.83. The van der Waals surface area contributed by atoms with E-state index in [1.807, 2.05) is 0 Å². The Morgan fingerprint density at radius 2 is 2.00 bits per heavy atom. The summed E-state index contributed by atoms with van der Waals surface area (Å²) in [5.41, 5.74) is -0.447. The van der Waals surface area contributed by atoms with Crippen molar-refractivity contribution in [1.82, 2.24) is 4.98 Å². The predicted molar refractivity (Wildman–Crippen MR) is 46.3 cm³/mol. The second-order valence-electron chi connectivity index (χ2n) is 1.96. The lowest BCUT2D eigenvalue weighted by atomic mass is 10.2. The van der Waals surface area contributed by atoms with Gasteiger partial charge < -0.3 is 5.11 Å². The van der Waals surface area contributed by atoms with Crippen LogP contribution in [0.1, 0.15) is 12.0 Å². The highest BCUT2D eigenvalue weighted by Gasteiger charge is 2.19. The minimum Gasteiger partial charge on any atom is -0.506 e. The number of halogens is 4. The molecule has 12 heavy (non-hydrogen) atoms. The molecule has 0 atom stereocenters. The Balaban J connectivity index is 3.33. The zero-order valence-corrected chi connectivity index (χ0v) is 8.73. The highest BCUT2D eigenvalue weighted by molar-refractivity contribution is 9.13. The molecule has 0 bridgehead atoms. The summed E-state index contributed by atoms with van der Waals surface area (Å²) in [5.74, 6) is -0.514. The van der Waals surface area contributed by atoms with Crippen LogP contribution in [0, 0.1) is 0 Å². The zero-order valence-electron chi connectivity index (χ0n) is 5.56. The molecule has 1 heterocycles. The first kappa shape index (κ1) is 9.85. The van der Waals surface area contributed by atoms with E-state index >= 15 is 0 Å². The van der Waals surface area contributed by atoms with Crippen molar-refractivity contribution in [2.45, 2.75) is 6.43 Å². The molecule has 0 aliphatic carbocycles. The van der Waals surface area contributed by atoms with Crippen molar-refractivity contribution in [2.75, 3.05) is 0 Å². The first-order chi connectivity index (χ1) is 5.54.